The lowest BCUT2D eigenvalue weighted by Gasteiger charge is -1.99. The maximum atomic E-state index is 11.9. The molecule has 0 aliphatic heterocycles. The van der Waals surface area contributed by atoms with Crippen LogP contribution in [0.3, 0.4) is 0 Å². The Hall–Kier alpha value is -1.66. The second kappa shape index (κ2) is 4.54. The number of nitrogens with one attached hydrogen (secondary N) is 1. The highest BCUT2D eigenvalue weighted by Crippen LogP contribution is 2.04. The molecule has 78 valence electrons. The molecular weight excluding hydrogens is 196 g/mol. The normalized spacial score (nSPS) is 10.5. The van der Waals surface area contributed by atoms with Crippen molar-refractivity contribution >= 4 is 11.8 Å². The zero-order valence-corrected chi connectivity index (χ0v) is 7.15. The van der Waals surface area contributed by atoms with Crippen molar-refractivity contribution in [3.8, 4) is 0 Å². The Morgan fingerprint density at radius 2 is 2.43 bits per heavy atom. The third-order valence-corrected chi connectivity index (χ3v) is 1.39. The number of aliphatic carboxylic acids is 1. The molecule has 0 bridgehead atoms. The van der Waals surface area contributed by atoms with Gasteiger partial charge in [-0.1, -0.05) is 0 Å². The molecular formula is C7H9F2N3O2. The summed E-state index contributed by atoms with van der Waals surface area (Å²) < 4.78 is 24.8. The zero-order valence-electron chi connectivity index (χ0n) is 7.15. The number of alkyl halides is 2. The number of hydrogen-bond acceptors (Lipinski definition) is 3. The van der Waals surface area contributed by atoms with Gasteiger partial charge in [-0.2, -0.15) is 5.10 Å². The summed E-state index contributed by atoms with van der Waals surface area (Å²) in [7, 11) is 0. The van der Waals surface area contributed by atoms with Gasteiger partial charge in [-0.25, -0.2) is 8.78 Å². The molecule has 1 heterocycles. The number of nitrogens with zero attached hydrogens (tertiary/aromatic N) is 2. The summed E-state index contributed by atoms with van der Waals surface area (Å²) in [5.41, 5.74) is 0. The van der Waals surface area contributed by atoms with Gasteiger partial charge in [0.25, 0.3) is 6.43 Å². The molecule has 1 aromatic heterocycles. The second-order valence-corrected chi connectivity index (χ2v) is 2.56. The Morgan fingerprint density at radius 3 is 3.00 bits per heavy atom. The van der Waals surface area contributed by atoms with Gasteiger partial charge < -0.3 is 10.4 Å². The molecule has 0 spiro atoms. The van der Waals surface area contributed by atoms with Crippen LogP contribution in [0.5, 0.6) is 0 Å². The number of halogens is 2. The quantitative estimate of drug-likeness (QED) is 0.740. The first-order valence-corrected chi connectivity index (χ1v) is 3.85. The van der Waals surface area contributed by atoms with Gasteiger partial charge in [0, 0.05) is 12.3 Å². The van der Waals surface area contributed by atoms with Crippen LogP contribution >= 0.6 is 0 Å². The van der Waals surface area contributed by atoms with E-state index in [2.05, 4.69) is 10.4 Å². The summed E-state index contributed by atoms with van der Waals surface area (Å²) in [4.78, 5) is 10.1. The van der Waals surface area contributed by atoms with Gasteiger partial charge in [0.2, 0.25) is 0 Å². The predicted octanol–water partition coefficient (Wildman–Crippen LogP) is 0.645. The average molecular weight is 205 g/mol. The van der Waals surface area contributed by atoms with Crippen molar-refractivity contribution in [3.63, 3.8) is 0 Å². The largest absolute Gasteiger partial charge is 0.480 e. The lowest BCUT2D eigenvalue weighted by molar-refractivity contribution is -0.134. The summed E-state index contributed by atoms with van der Waals surface area (Å²) in [6, 6.07) is 1.44. The summed E-state index contributed by atoms with van der Waals surface area (Å²) >= 11 is 0. The van der Waals surface area contributed by atoms with E-state index in [4.69, 9.17) is 5.11 Å². The highest BCUT2D eigenvalue weighted by atomic mass is 19.3. The van der Waals surface area contributed by atoms with Gasteiger partial charge in [0.05, 0.1) is 0 Å². The summed E-state index contributed by atoms with van der Waals surface area (Å²) in [6.45, 7) is -0.777. The lowest BCUT2D eigenvalue weighted by Crippen LogP contribution is -2.13. The van der Waals surface area contributed by atoms with E-state index in [9.17, 15) is 13.6 Å². The second-order valence-electron chi connectivity index (χ2n) is 2.56. The van der Waals surface area contributed by atoms with Gasteiger partial charge in [0.1, 0.15) is 18.9 Å². The first kappa shape index (κ1) is 10.4. The van der Waals surface area contributed by atoms with Gasteiger partial charge >= 0.3 is 5.97 Å². The van der Waals surface area contributed by atoms with Crippen LogP contribution in [0.1, 0.15) is 0 Å². The topological polar surface area (TPSA) is 67.2 Å². The molecule has 0 aliphatic rings. The van der Waals surface area contributed by atoms with Gasteiger partial charge in [0.15, 0.2) is 0 Å². The fourth-order valence-electron chi connectivity index (χ4n) is 0.865. The molecule has 5 nitrogen and oxygen atoms in total. The number of anilines is 1. The monoisotopic (exact) mass is 205 g/mol. The lowest BCUT2D eigenvalue weighted by atomic mass is 10.6. The molecule has 0 atom stereocenters. The van der Waals surface area contributed by atoms with E-state index in [1.165, 1.54) is 12.3 Å². The van der Waals surface area contributed by atoms with Crippen molar-refractivity contribution in [3.05, 3.63) is 12.3 Å². The Balaban J connectivity index is 2.46. The van der Waals surface area contributed by atoms with Crippen LogP contribution in [0.15, 0.2) is 12.3 Å². The van der Waals surface area contributed by atoms with Crippen LogP contribution in [0, 0.1) is 0 Å². The van der Waals surface area contributed by atoms with Crippen LogP contribution in [0.2, 0.25) is 0 Å². The van der Waals surface area contributed by atoms with E-state index in [0.29, 0.717) is 0 Å². The number of carboxylic acid groups (broad SMARTS) is 1. The minimum atomic E-state index is -2.47. The summed E-state index contributed by atoms with van der Waals surface area (Å²) in [5, 5.41) is 14.5. The van der Waals surface area contributed by atoms with E-state index in [1.807, 2.05) is 0 Å². The van der Waals surface area contributed by atoms with Crippen molar-refractivity contribution in [1.29, 1.82) is 0 Å². The number of rotatable bonds is 5. The first-order chi connectivity index (χ1) is 6.58. The molecule has 1 aromatic rings. The molecule has 2 N–H and O–H groups in total. The number of carboxylic acids is 1. The molecule has 0 fully saturated rings. The third kappa shape index (κ3) is 3.38. The fraction of sp³-hybridized carbons (Fsp3) is 0.429. The molecule has 0 aliphatic carbocycles. The fourth-order valence-corrected chi connectivity index (χ4v) is 0.865. The zero-order chi connectivity index (χ0) is 10.6. The Morgan fingerprint density at radius 1 is 1.71 bits per heavy atom. The molecule has 0 unspecified atom stereocenters. The van der Waals surface area contributed by atoms with E-state index in [-0.39, 0.29) is 12.4 Å². The maximum Gasteiger partial charge on any atom is 0.322 e. The van der Waals surface area contributed by atoms with Crippen LogP contribution < -0.4 is 5.32 Å². The standard InChI is InChI=1S/C7H9F2N3O2/c8-5(9)4-12-2-1-6(11-12)10-3-7(13)14/h1-2,5H,3-4H2,(H,10,11)(H,13,14). The maximum absolute atomic E-state index is 11.9. The Kier molecular flexibility index (Phi) is 3.38. The molecule has 0 saturated carbocycles. The van der Waals surface area contributed by atoms with Crippen LogP contribution in [0.25, 0.3) is 0 Å². The first-order valence-electron chi connectivity index (χ1n) is 3.85. The van der Waals surface area contributed by atoms with Gasteiger partial charge in [-0.05, 0) is 0 Å². The van der Waals surface area contributed by atoms with Crippen LogP contribution in [-0.4, -0.2) is 33.8 Å². The van der Waals surface area contributed by atoms with Crippen molar-refractivity contribution in [2.75, 3.05) is 11.9 Å². The van der Waals surface area contributed by atoms with Crippen molar-refractivity contribution in [2.24, 2.45) is 0 Å². The molecule has 7 heteroatoms. The molecule has 0 amide bonds. The Labute approximate surface area is 78.3 Å². The van der Waals surface area contributed by atoms with Crippen molar-refractivity contribution in [2.45, 2.75) is 13.0 Å². The van der Waals surface area contributed by atoms with E-state index >= 15 is 0 Å². The molecule has 14 heavy (non-hydrogen) atoms. The smallest absolute Gasteiger partial charge is 0.322 e. The van der Waals surface area contributed by atoms with E-state index in [1.54, 1.807) is 0 Å². The number of hydrogen-bond donors (Lipinski definition) is 2. The molecule has 0 aromatic carbocycles. The predicted molar refractivity (Wildman–Crippen MR) is 44.4 cm³/mol. The highest BCUT2D eigenvalue weighted by molar-refractivity contribution is 5.72. The molecule has 1 rings (SSSR count). The third-order valence-electron chi connectivity index (χ3n) is 1.39. The number of carbonyl (C=O) groups is 1. The minimum Gasteiger partial charge on any atom is -0.480 e. The van der Waals surface area contributed by atoms with E-state index in [0.717, 1.165) is 4.68 Å². The van der Waals surface area contributed by atoms with Crippen LogP contribution in [0.4, 0.5) is 14.6 Å². The van der Waals surface area contributed by atoms with Crippen LogP contribution in [-0.2, 0) is 11.3 Å². The molecule has 0 radical (unpaired) electrons. The minimum absolute atomic E-state index is 0.271. The summed E-state index contributed by atoms with van der Waals surface area (Å²) in [6.07, 6.45) is -1.11. The summed E-state index contributed by atoms with van der Waals surface area (Å²) in [5.74, 6) is -0.763. The van der Waals surface area contributed by atoms with E-state index < -0.39 is 18.9 Å². The Bertz CT molecular complexity index is 314. The van der Waals surface area contributed by atoms with Crippen molar-refractivity contribution in [1.82, 2.24) is 9.78 Å². The molecule has 0 saturated heterocycles. The number of aromatic nitrogens is 2. The van der Waals surface area contributed by atoms with Gasteiger partial charge in [-0.15, -0.1) is 0 Å². The van der Waals surface area contributed by atoms with Crippen molar-refractivity contribution < 1.29 is 18.7 Å². The average Bonchev–Trinajstić information content (AvgIpc) is 2.47. The SMILES string of the molecule is O=C(O)CNc1ccn(CC(F)F)n1. The highest BCUT2D eigenvalue weighted by Gasteiger charge is 2.05. The van der Waals surface area contributed by atoms with Gasteiger partial charge in [-0.3, -0.25) is 9.48 Å².